The Balaban J connectivity index is 1.66. The number of hydrogen-bond donors (Lipinski definition) is 1. The first-order valence-electron chi connectivity index (χ1n) is 8.60. The Hall–Kier alpha value is -2.54. The van der Waals surface area contributed by atoms with E-state index < -0.39 is 11.6 Å². The second kappa shape index (κ2) is 8.71. The molecule has 1 atom stereocenters. The number of ether oxygens (including phenoxy) is 1. The van der Waals surface area contributed by atoms with Crippen molar-refractivity contribution in [3.63, 3.8) is 0 Å². The highest BCUT2D eigenvalue weighted by molar-refractivity contribution is 5.74. The van der Waals surface area contributed by atoms with Crippen LogP contribution in [-0.4, -0.2) is 35.2 Å². The van der Waals surface area contributed by atoms with Crippen molar-refractivity contribution in [3.05, 3.63) is 65.5 Å². The number of nitrogens with one attached hydrogen (secondary N) is 1. The van der Waals surface area contributed by atoms with Gasteiger partial charge in [0.25, 0.3) is 0 Å². The molecular weight excluding hydrogens is 340 g/mol. The Kier molecular flexibility index (Phi) is 6.12. The summed E-state index contributed by atoms with van der Waals surface area (Å²) in [5.41, 5.74) is 0.853. The van der Waals surface area contributed by atoms with Crippen LogP contribution in [0.2, 0.25) is 0 Å². The van der Waals surface area contributed by atoms with Gasteiger partial charge in [-0.05, 0) is 31.0 Å². The van der Waals surface area contributed by atoms with Gasteiger partial charge in [-0.1, -0.05) is 18.2 Å². The second-order valence-electron chi connectivity index (χ2n) is 6.21. The van der Waals surface area contributed by atoms with Crippen LogP contribution in [0, 0.1) is 11.6 Å². The van der Waals surface area contributed by atoms with E-state index >= 15 is 0 Å². The predicted octanol–water partition coefficient (Wildman–Crippen LogP) is 3.25. The normalized spacial score (nSPS) is 16.5. The minimum absolute atomic E-state index is 0.0182. The predicted molar refractivity (Wildman–Crippen MR) is 92.2 cm³/mol. The summed E-state index contributed by atoms with van der Waals surface area (Å²) in [6.45, 7) is 1.34. The lowest BCUT2D eigenvalue weighted by Crippen LogP contribution is -2.43. The lowest BCUT2D eigenvalue weighted by atomic mass is 10.2. The molecule has 2 amide bonds. The Labute approximate surface area is 151 Å². The number of rotatable bonds is 6. The molecule has 0 aliphatic carbocycles. The number of urea groups is 1. The van der Waals surface area contributed by atoms with E-state index in [0.717, 1.165) is 24.6 Å². The third kappa shape index (κ3) is 4.76. The zero-order chi connectivity index (χ0) is 18.4. The van der Waals surface area contributed by atoms with Crippen molar-refractivity contribution in [1.29, 1.82) is 0 Å². The molecule has 0 radical (unpaired) electrons. The van der Waals surface area contributed by atoms with Gasteiger partial charge in [0.15, 0.2) is 11.6 Å². The second-order valence-corrected chi connectivity index (χ2v) is 6.21. The minimum atomic E-state index is -0.941. The van der Waals surface area contributed by atoms with Crippen LogP contribution < -0.4 is 5.32 Å². The fourth-order valence-electron chi connectivity index (χ4n) is 2.91. The van der Waals surface area contributed by atoms with Crippen molar-refractivity contribution in [3.8, 4) is 0 Å². The van der Waals surface area contributed by atoms with Crippen molar-refractivity contribution < 1.29 is 18.3 Å². The summed E-state index contributed by atoms with van der Waals surface area (Å²) in [5, 5.41) is 2.66. The molecule has 5 nitrogen and oxygen atoms in total. The number of amides is 2. The summed E-state index contributed by atoms with van der Waals surface area (Å²) in [4.78, 5) is 18.5. The zero-order valence-corrected chi connectivity index (χ0v) is 14.3. The molecule has 1 aromatic heterocycles. The van der Waals surface area contributed by atoms with Crippen LogP contribution in [0.15, 0.2) is 42.6 Å². The lowest BCUT2D eigenvalue weighted by molar-refractivity contribution is 0.0791. The van der Waals surface area contributed by atoms with Gasteiger partial charge in [-0.3, -0.25) is 4.98 Å². The van der Waals surface area contributed by atoms with Gasteiger partial charge in [0.2, 0.25) is 0 Å². The van der Waals surface area contributed by atoms with E-state index in [9.17, 15) is 13.6 Å². The van der Waals surface area contributed by atoms with Crippen LogP contribution in [0.3, 0.4) is 0 Å². The number of hydrogen-bond acceptors (Lipinski definition) is 3. The molecule has 26 heavy (non-hydrogen) atoms. The van der Waals surface area contributed by atoms with Gasteiger partial charge in [-0.15, -0.1) is 0 Å². The number of carbonyl (C=O) groups is 1. The van der Waals surface area contributed by atoms with E-state index in [4.69, 9.17) is 4.74 Å². The molecule has 1 aliphatic heterocycles. The van der Waals surface area contributed by atoms with Crippen molar-refractivity contribution in [1.82, 2.24) is 15.2 Å². The largest absolute Gasteiger partial charge is 0.376 e. The molecule has 1 aromatic carbocycles. The van der Waals surface area contributed by atoms with Crippen molar-refractivity contribution in [2.45, 2.75) is 32.0 Å². The summed E-state index contributed by atoms with van der Waals surface area (Å²) >= 11 is 0. The highest BCUT2D eigenvalue weighted by atomic mass is 19.2. The number of carbonyl (C=O) groups excluding carboxylic acids is 1. The highest BCUT2D eigenvalue weighted by Gasteiger charge is 2.23. The molecule has 138 valence electrons. The molecule has 2 heterocycles. The topological polar surface area (TPSA) is 54.5 Å². The number of halogens is 2. The summed E-state index contributed by atoms with van der Waals surface area (Å²) in [7, 11) is 0. The summed E-state index contributed by atoms with van der Waals surface area (Å²) < 4.78 is 32.7. The minimum Gasteiger partial charge on any atom is -0.376 e. The maximum absolute atomic E-state index is 13.8. The van der Waals surface area contributed by atoms with Gasteiger partial charge in [0, 0.05) is 31.5 Å². The summed E-state index contributed by atoms with van der Waals surface area (Å²) in [6, 6.07) is 9.04. The van der Waals surface area contributed by atoms with E-state index in [-0.39, 0.29) is 24.2 Å². The number of aromatic nitrogens is 1. The van der Waals surface area contributed by atoms with Crippen molar-refractivity contribution >= 4 is 6.03 Å². The van der Waals surface area contributed by atoms with Crippen LogP contribution in [0.5, 0.6) is 0 Å². The van der Waals surface area contributed by atoms with Gasteiger partial charge in [0.05, 0.1) is 18.3 Å². The molecule has 0 spiro atoms. The Morgan fingerprint density at radius 1 is 1.27 bits per heavy atom. The van der Waals surface area contributed by atoms with E-state index in [0.29, 0.717) is 19.7 Å². The molecule has 7 heteroatoms. The fourth-order valence-corrected chi connectivity index (χ4v) is 2.91. The molecule has 1 saturated heterocycles. The molecule has 1 aliphatic rings. The number of benzene rings is 1. The first-order chi connectivity index (χ1) is 12.6. The smallest absolute Gasteiger partial charge is 0.318 e. The van der Waals surface area contributed by atoms with Crippen LogP contribution in [0.25, 0.3) is 0 Å². The van der Waals surface area contributed by atoms with Crippen LogP contribution in [0.4, 0.5) is 13.6 Å². The van der Waals surface area contributed by atoms with E-state index in [1.165, 1.54) is 12.1 Å². The first-order valence-corrected chi connectivity index (χ1v) is 8.60. The van der Waals surface area contributed by atoms with Gasteiger partial charge in [-0.25, -0.2) is 13.6 Å². The summed E-state index contributed by atoms with van der Waals surface area (Å²) in [6.07, 6.45) is 3.51. The first kappa shape index (κ1) is 18.3. The molecule has 1 fully saturated rings. The molecule has 0 unspecified atom stereocenters. The Bertz CT molecular complexity index is 737. The average molecular weight is 361 g/mol. The molecule has 1 N–H and O–H groups in total. The van der Waals surface area contributed by atoms with Crippen LogP contribution in [-0.2, 0) is 17.8 Å². The van der Waals surface area contributed by atoms with Gasteiger partial charge in [0.1, 0.15) is 0 Å². The average Bonchev–Trinajstić information content (AvgIpc) is 3.16. The maximum Gasteiger partial charge on any atom is 0.318 e. The molecule has 0 bridgehead atoms. The van der Waals surface area contributed by atoms with Crippen molar-refractivity contribution in [2.75, 3.05) is 13.2 Å². The monoisotopic (exact) mass is 361 g/mol. The summed E-state index contributed by atoms with van der Waals surface area (Å²) in [5.74, 6) is -1.87. The maximum atomic E-state index is 13.8. The zero-order valence-electron chi connectivity index (χ0n) is 14.3. The Morgan fingerprint density at radius 3 is 2.88 bits per heavy atom. The highest BCUT2D eigenvalue weighted by Crippen LogP contribution is 2.15. The molecule has 3 rings (SSSR count). The standard InChI is InChI=1S/C19H21F2N3O2/c20-17-8-3-5-14(18(17)21)11-23-19(25)24(13-16-7-4-10-26-16)12-15-6-1-2-9-22-15/h1-3,5-6,8-9,16H,4,7,10-13H2,(H,23,25)/t16-/m1/s1. The third-order valence-corrected chi connectivity index (χ3v) is 4.28. The van der Waals surface area contributed by atoms with Gasteiger partial charge < -0.3 is 15.0 Å². The van der Waals surface area contributed by atoms with E-state index in [1.54, 1.807) is 17.2 Å². The SMILES string of the molecule is O=C(NCc1cccc(F)c1F)N(Cc1ccccn1)C[C@H]1CCCO1. The van der Waals surface area contributed by atoms with E-state index in [2.05, 4.69) is 10.3 Å². The molecule has 2 aromatic rings. The van der Waals surface area contributed by atoms with Crippen molar-refractivity contribution in [2.24, 2.45) is 0 Å². The van der Waals surface area contributed by atoms with Gasteiger partial charge >= 0.3 is 6.03 Å². The fraction of sp³-hybridized carbons (Fsp3) is 0.368. The van der Waals surface area contributed by atoms with Gasteiger partial charge in [-0.2, -0.15) is 0 Å². The van der Waals surface area contributed by atoms with E-state index in [1.807, 2.05) is 12.1 Å². The number of pyridine rings is 1. The quantitative estimate of drug-likeness (QED) is 0.859. The Morgan fingerprint density at radius 2 is 2.15 bits per heavy atom. The van der Waals surface area contributed by atoms with Crippen LogP contribution >= 0.6 is 0 Å². The van der Waals surface area contributed by atoms with Crippen LogP contribution in [0.1, 0.15) is 24.1 Å². The number of nitrogens with zero attached hydrogens (tertiary/aromatic N) is 2. The lowest BCUT2D eigenvalue weighted by Gasteiger charge is -2.25. The molecule has 0 saturated carbocycles. The molecular formula is C19H21F2N3O2. The third-order valence-electron chi connectivity index (χ3n) is 4.28.